The molecule has 182 valence electrons. The second-order valence-corrected chi connectivity index (χ2v) is 8.41. The van der Waals surface area contributed by atoms with Gasteiger partial charge in [0.15, 0.2) is 0 Å². The molecule has 10 heteroatoms. The van der Waals surface area contributed by atoms with Gasteiger partial charge in [-0.05, 0) is 54.7 Å². The van der Waals surface area contributed by atoms with Crippen molar-refractivity contribution in [3.8, 4) is 5.75 Å². The lowest BCUT2D eigenvalue weighted by atomic mass is 9.99. The highest BCUT2D eigenvalue weighted by Crippen LogP contribution is 2.29. The largest absolute Gasteiger partial charge is 0.573 e. The monoisotopic (exact) mass is 486 g/mol. The first-order valence-electron chi connectivity index (χ1n) is 10.9. The number of Topliss-reactive ketones (excluding diaryl/α,β-unsaturated/α-hetero) is 1. The van der Waals surface area contributed by atoms with Gasteiger partial charge in [-0.25, -0.2) is 0 Å². The average Bonchev–Trinajstić information content (AvgIpc) is 3.03. The van der Waals surface area contributed by atoms with Crippen LogP contribution in [0.4, 0.5) is 13.2 Å². The smallest absolute Gasteiger partial charge is 0.406 e. The summed E-state index contributed by atoms with van der Waals surface area (Å²) < 4.78 is 40.6. The van der Waals surface area contributed by atoms with Gasteiger partial charge >= 0.3 is 6.36 Å². The van der Waals surface area contributed by atoms with E-state index < -0.39 is 30.1 Å². The van der Waals surface area contributed by atoms with Crippen LogP contribution in [0.3, 0.4) is 0 Å². The molecule has 35 heavy (non-hydrogen) atoms. The Morgan fingerprint density at radius 1 is 1.03 bits per heavy atom. The van der Waals surface area contributed by atoms with E-state index in [0.717, 1.165) is 17.0 Å². The maximum Gasteiger partial charge on any atom is 0.573 e. The summed E-state index contributed by atoms with van der Waals surface area (Å²) in [6.45, 7) is 3.70. The Kier molecular flexibility index (Phi) is 6.47. The molecule has 0 spiro atoms. The Hall–Kier alpha value is -3.95. The molecule has 4 rings (SSSR count). The number of carbonyl (C=O) groups is 4. The lowest BCUT2D eigenvalue weighted by Gasteiger charge is -2.29. The van der Waals surface area contributed by atoms with Crippen LogP contribution in [-0.2, 0) is 22.4 Å². The Balaban J connectivity index is 1.37. The summed E-state index contributed by atoms with van der Waals surface area (Å²) in [7, 11) is 0. The molecule has 0 radical (unpaired) electrons. The number of nitrogens with one attached hydrogen (secondary N) is 1. The summed E-state index contributed by atoms with van der Waals surface area (Å²) in [5.74, 6) is -2.03. The summed E-state index contributed by atoms with van der Waals surface area (Å²) in [6, 6.07) is 8.92. The number of nitrogens with zero attached hydrogens (tertiary/aromatic N) is 1. The number of halogens is 3. The van der Waals surface area contributed by atoms with Crippen molar-refractivity contribution in [2.24, 2.45) is 0 Å². The van der Waals surface area contributed by atoms with Gasteiger partial charge in [0.1, 0.15) is 17.6 Å². The summed E-state index contributed by atoms with van der Waals surface area (Å²) in [5, 5.41) is 2.58. The molecule has 0 bridgehead atoms. The van der Waals surface area contributed by atoms with E-state index in [4.69, 9.17) is 0 Å². The number of hydrogen-bond acceptors (Lipinski definition) is 5. The number of ketones is 1. The van der Waals surface area contributed by atoms with Crippen molar-refractivity contribution in [2.75, 3.05) is 0 Å². The third-order valence-corrected chi connectivity index (χ3v) is 5.87. The van der Waals surface area contributed by atoms with Crippen LogP contribution in [0.5, 0.6) is 5.75 Å². The van der Waals surface area contributed by atoms with Crippen LogP contribution in [-0.4, -0.2) is 40.8 Å². The number of piperidine rings is 1. The molecule has 1 saturated heterocycles. The Labute approximate surface area is 198 Å². The number of aryl methyl sites for hydroxylation is 1. The van der Waals surface area contributed by atoms with Crippen molar-refractivity contribution in [1.29, 1.82) is 0 Å². The van der Waals surface area contributed by atoms with Gasteiger partial charge in [0, 0.05) is 18.5 Å². The summed E-state index contributed by atoms with van der Waals surface area (Å²) >= 11 is 0. The highest BCUT2D eigenvalue weighted by molar-refractivity contribution is 6.23. The number of hydrogen-bond donors (Lipinski definition) is 1. The highest BCUT2D eigenvalue weighted by atomic mass is 19.4. The predicted octanol–water partition coefficient (Wildman–Crippen LogP) is 3.72. The van der Waals surface area contributed by atoms with E-state index in [1.807, 2.05) is 0 Å². The number of carbonyl (C=O) groups excluding carboxylic acids is 4. The number of benzene rings is 2. The third kappa shape index (κ3) is 5.42. The Morgan fingerprint density at radius 3 is 2.34 bits per heavy atom. The number of alkyl halides is 3. The van der Waals surface area contributed by atoms with Gasteiger partial charge in [-0.1, -0.05) is 24.8 Å². The maximum absolute atomic E-state index is 12.9. The fraction of sp³-hybridized carbons (Fsp3) is 0.280. The van der Waals surface area contributed by atoms with Crippen molar-refractivity contribution >= 4 is 23.5 Å². The molecule has 0 saturated carbocycles. The van der Waals surface area contributed by atoms with Gasteiger partial charge in [0.2, 0.25) is 5.91 Å². The molecule has 2 aliphatic heterocycles. The molecule has 3 amide bonds. The minimum Gasteiger partial charge on any atom is -0.406 e. The molecule has 2 aromatic rings. The van der Waals surface area contributed by atoms with Crippen molar-refractivity contribution in [1.82, 2.24) is 10.2 Å². The lowest BCUT2D eigenvalue weighted by Crippen LogP contribution is -2.51. The van der Waals surface area contributed by atoms with Crippen molar-refractivity contribution in [2.45, 2.75) is 44.5 Å². The SMILES string of the molecule is C=C1CCC(N2C(=O)c3ccc(CCC(=O)Cc4ccc(OC(F)(F)F)cc4)cc3C2=O)C(=O)N1. The van der Waals surface area contributed by atoms with Gasteiger partial charge in [0.05, 0.1) is 11.1 Å². The van der Waals surface area contributed by atoms with Gasteiger partial charge in [0.25, 0.3) is 11.8 Å². The van der Waals surface area contributed by atoms with Crippen LogP contribution in [0, 0.1) is 0 Å². The molecule has 2 aliphatic rings. The zero-order valence-electron chi connectivity index (χ0n) is 18.5. The zero-order chi connectivity index (χ0) is 25.3. The number of allylic oxidation sites excluding steroid dienone is 1. The Bertz CT molecular complexity index is 1220. The van der Waals surface area contributed by atoms with Gasteiger partial charge in [-0.2, -0.15) is 0 Å². The molecule has 1 unspecified atom stereocenters. The van der Waals surface area contributed by atoms with Gasteiger partial charge < -0.3 is 10.1 Å². The first kappa shape index (κ1) is 24.2. The van der Waals surface area contributed by atoms with E-state index in [9.17, 15) is 32.3 Å². The van der Waals surface area contributed by atoms with E-state index in [1.54, 1.807) is 12.1 Å². The van der Waals surface area contributed by atoms with Crippen LogP contribution < -0.4 is 10.1 Å². The van der Waals surface area contributed by atoms with Crippen LogP contribution in [0.15, 0.2) is 54.7 Å². The quantitative estimate of drug-likeness (QED) is 0.603. The van der Waals surface area contributed by atoms with E-state index in [0.29, 0.717) is 36.1 Å². The number of fused-ring (bicyclic) bond motifs is 1. The molecular formula is C25H21F3N2O5. The normalized spacial score (nSPS) is 17.9. The fourth-order valence-electron chi connectivity index (χ4n) is 4.16. The third-order valence-electron chi connectivity index (χ3n) is 5.87. The predicted molar refractivity (Wildman–Crippen MR) is 117 cm³/mol. The summed E-state index contributed by atoms with van der Waals surface area (Å²) in [6.07, 6.45) is -3.53. The molecule has 1 atom stereocenters. The standard InChI is InChI=1S/C25H21F3N2O5/c1-14-2-11-21(22(32)29-14)30-23(33)19-10-6-16(13-20(19)24(30)34)3-7-17(31)12-15-4-8-18(9-5-15)35-25(26,27)28/h4-6,8-10,13,21H,1-3,7,11-12H2,(H,29,32). The topological polar surface area (TPSA) is 92.8 Å². The first-order valence-corrected chi connectivity index (χ1v) is 10.9. The minimum absolute atomic E-state index is 0.0323. The van der Waals surface area contributed by atoms with E-state index in [2.05, 4.69) is 16.6 Å². The molecular weight excluding hydrogens is 465 g/mol. The number of imide groups is 1. The molecule has 2 aromatic carbocycles. The summed E-state index contributed by atoms with van der Waals surface area (Å²) in [4.78, 5) is 51.4. The van der Waals surface area contributed by atoms with Crippen molar-refractivity contribution < 1.29 is 37.1 Å². The highest BCUT2D eigenvalue weighted by Gasteiger charge is 2.43. The number of rotatable bonds is 7. The molecule has 7 nitrogen and oxygen atoms in total. The fourth-order valence-corrected chi connectivity index (χ4v) is 4.16. The first-order chi connectivity index (χ1) is 16.5. The van der Waals surface area contributed by atoms with Crippen molar-refractivity contribution in [3.63, 3.8) is 0 Å². The van der Waals surface area contributed by atoms with Crippen molar-refractivity contribution in [3.05, 3.63) is 77.0 Å². The van der Waals surface area contributed by atoms with Gasteiger partial charge in [-0.3, -0.25) is 24.1 Å². The second kappa shape index (κ2) is 9.36. The second-order valence-electron chi connectivity index (χ2n) is 8.41. The van der Waals surface area contributed by atoms with Crippen LogP contribution in [0.1, 0.15) is 51.1 Å². The zero-order valence-corrected chi connectivity index (χ0v) is 18.5. The Morgan fingerprint density at radius 2 is 1.69 bits per heavy atom. The molecule has 0 aromatic heterocycles. The van der Waals surface area contributed by atoms with Crippen LogP contribution in [0.2, 0.25) is 0 Å². The van der Waals surface area contributed by atoms with E-state index >= 15 is 0 Å². The summed E-state index contributed by atoms with van der Waals surface area (Å²) in [5.41, 5.74) is 2.17. The molecule has 0 aliphatic carbocycles. The average molecular weight is 486 g/mol. The molecule has 2 heterocycles. The van der Waals surface area contributed by atoms with E-state index in [-0.39, 0.29) is 35.5 Å². The number of amides is 3. The van der Waals surface area contributed by atoms with E-state index in [1.165, 1.54) is 18.2 Å². The van der Waals surface area contributed by atoms with Gasteiger partial charge in [-0.15, -0.1) is 13.2 Å². The number of ether oxygens (including phenoxy) is 1. The lowest BCUT2D eigenvalue weighted by molar-refractivity contribution is -0.274. The molecule has 1 fully saturated rings. The minimum atomic E-state index is -4.78. The molecule has 1 N–H and O–H groups in total. The maximum atomic E-state index is 12.9. The van der Waals surface area contributed by atoms with Crippen LogP contribution >= 0.6 is 0 Å². The van der Waals surface area contributed by atoms with Crippen LogP contribution in [0.25, 0.3) is 0 Å².